The van der Waals surface area contributed by atoms with Gasteiger partial charge in [0.2, 0.25) is 0 Å². The largest absolute Gasteiger partial charge is 0.378 e. The average molecular weight is 156 g/mol. The summed E-state index contributed by atoms with van der Waals surface area (Å²) in [4.78, 5) is 0. The summed E-state index contributed by atoms with van der Waals surface area (Å²) in [5.74, 6) is 0.807. The molecule has 0 aromatic rings. The Kier molecular flexibility index (Phi) is 2.58. The van der Waals surface area contributed by atoms with Gasteiger partial charge in [0.05, 0.1) is 12.7 Å². The second kappa shape index (κ2) is 3.14. The Labute approximate surface area is 70.1 Å². The molecule has 0 radical (unpaired) electrons. The first-order valence-corrected chi connectivity index (χ1v) is 4.68. The van der Waals surface area contributed by atoms with E-state index in [0.717, 1.165) is 12.5 Å². The van der Waals surface area contributed by atoms with Crippen molar-refractivity contribution >= 4 is 0 Å². The molecule has 1 nitrogen and oxygen atoms in total. The van der Waals surface area contributed by atoms with E-state index in [1.54, 1.807) is 0 Å². The summed E-state index contributed by atoms with van der Waals surface area (Å²) in [6.07, 6.45) is 2.93. The molecule has 0 bridgehead atoms. The van der Waals surface area contributed by atoms with Crippen molar-refractivity contribution in [3.05, 3.63) is 0 Å². The molecule has 1 aliphatic heterocycles. The van der Waals surface area contributed by atoms with Crippen molar-refractivity contribution in [2.24, 2.45) is 11.3 Å². The molecule has 0 saturated carbocycles. The van der Waals surface area contributed by atoms with E-state index in [9.17, 15) is 0 Å². The Hall–Kier alpha value is -0.0400. The zero-order valence-electron chi connectivity index (χ0n) is 8.18. The van der Waals surface area contributed by atoms with Crippen LogP contribution < -0.4 is 0 Å². The third kappa shape index (κ3) is 1.96. The predicted molar refractivity (Wildman–Crippen MR) is 47.6 cm³/mol. The molecule has 0 aliphatic carbocycles. The maximum atomic E-state index is 5.71. The van der Waals surface area contributed by atoms with Gasteiger partial charge in [-0.1, -0.05) is 27.7 Å². The molecule has 2 unspecified atom stereocenters. The smallest absolute Gasteiger partial charge is 0.0575 e. The van der Waals surface area contributed by atoms with Crippen LogP contribution in [-0.2, 0) is 4.74 Å². The van der Waals surface area contributed by atoms with E-state index in [4.69, 9.17) is 4.74 Å². The monoisotopic (exact) mass is 156 g/mol. The fourth-order valence-corrected chi connectivity index (χ4v) is 1.54. The van der Waals surface area contributed by atoms with Crippen LogP contribution in [0.25, 0.3) is 0 Å². The number of ether oxygens (including phenoxy) is 1. The summed E-state index contributed by atoms with van der Waals surface area (Å²) >= 11 is 0. The van der Waals surface area contributed by atoms with Crippen LogP contribution in [0.15, 0.2) is 0 Å². The number of rotatable bonds is 1. The minimum absolute atomic E-state index is 0.395. The van der Waals surface area contributed by atoms with Gasteiger partial charge in [-0.15, -0.1) is 0 Å². The summed E-state index contributed by atoms with van der Waals surface area (Å²) in [5, 5.41) is 0. The van der Waals surface area contributed by atoms with Crippen molar-refractivity contribution in [3.8, 4) is 0 Å². The first kappa shape index (κ1) is 9.05. The zero-order valence-corrected chi connectivity index (χ0v) is 8.18. The molecule has 0 aromatic carbocycles. The summed E-state index contributed by atoms with van der Waals surface area (Å²) in [6, 6.07) is 0. The lowest BCUT2D eigenvalue weighted by molar-refractivity contribution is -0.0798. The average Bonchev–Trinajstić information content (AvgIpc) is 1.95. The van der Waals surface area contributed by atoms with Gasteiger partial charge in [0.25, 0.3) is 0 Å². The lowest BCUT2D eigenvalue weighted by atomic mass is 9.75. The van der Waals surface area contributed by atoms with Crippen LogP contribution in [0, 0.1) is 11.3 Å². The Bertz CT molecular complexity index is 129. The van der Waals surface area contributed by atoms with E-state index in [-0.39, 0.29) is 0 Å². The molecule has 1 heteroatoms. The lowest BCUT2D eigenvalue weighted by Gasteiger charge is -2.40. The Balaban J connectivity index is 2.48. The van der Waals surface area contributed by atoms with E-state index in [2.05, 4.69) is 27.7 Å². The first-order valence-electron chi connectivity index (χ1n) is 4.68. The molecule has 1 aliphatic rings. The molecule has 11 heavy (non-hydrogen) atoms. The normalized spacial score (nSPS) is 37.1. The maximum absolute atomic E-state index is 5.71. The van der Waals surface area contributed by atoms with E-state index in [1.165, 1.54) is 12.8 Å². The van der Waals surface area contributed by atoms with Crippen molar-refractivity contribution in [3.63, 3.8) is 0 Å². The molecule has 66 valence electrons. The minimum Gasteiger partial charge on any atom is -0.378 e. The third-order valence-electron chi connectivity index (χ3n) is 3.10. The Morgan fingerprint density at radius 3 is 2.55 bits per heavy atom. The number of hydrogen-bond acceptors (Lipinski definition) is 1. The predicted octanol–water partition coefficient (Wildman–Crippen LogP) is 2.85. The molecule has 0 spiro atoms. The van der Waals surface area contributed by atoms with E-state index in [1.807, 2.05) is 0 Å². The molecule has 1 heterocycles. The van der Waals surface area contributed by atoms with Gasteiger partial charge in [0.1, 0.15) is 0 Å². The van der Waals surface area contributed by atoms with Crippen molar-refractivity contribution < 1.29 is 4.74 Å². The fraction of sp³-hybridized carbons (Fsp3) is 1.00. The van der Waals surface area contributed by atoms with E-state index >= 15 is 0 Å². The molecule has 0 N–H and O–H groups in total. The van der Waals surface area contributed by atoms with Crippen LogP contribution in [0.2, 0.25) is 0 Å². The van der Waals surface area contributed by atoms with Crippen LogP contribution in [-0.4, -0.2) is 12.7 Å². The minimum atomic E-state index is 0.395. The van der Waals surface area contributed by atoms with Crippen molar-refractivity contribution in [2.75, 3.05) is 6.61 Å². The molecular weight excluding hydrogens is 136 g/mol. The summed E-state index contributed by atoms with van der Waals surface area (Å²) in [7, 11) is 0. The van der Waals surface area contributed by atoms with Gasteiger partial charge in [-0.25, -0.2) is 0 Å². The van der Waals surface area contributed by atoms with Crippen molar-refractivity contribution in [1.29, 1.82) is 0 Å². The standard InChI is InChI=1S/C10H20O/c1-5-9-6-8(2)10(3,4)7-11-9/h8-9H,5-7H2,1-4H3. The molecule has 1 rings (SSSR count). The fourth-order valence-electron chi connectivity index (χ4n) is 1.54. The van der Waals surface area contributed by atoms with Crippen LogP contribution in [0.1, 0.15) is 40.5 Å². The van der Waals surface area contributed by atoms with Gasteiger partial charge in [0.15, 0.2) is 0 Å². The Morgan fingerprint density at radius 2 is 2.09 bits per heavy atom. The van der Waals surface area contributed by atoms with Crippen molar-refractivity contribution in [2.45, 2.75) is 46.6 Å². The maximum Gasteiger partial charge on any atom is 0.0575 e. The van der Waals surface area contributed by atoms with E-state index < -0.39 is 0 Å². The van der Waals surface area contributed by atoms with E-state index in [0.29, 0.717) is 11.5 Å². The summed E-state index contributed by atoms with van der Waals surface area (Å²) in [5.41, 5.74) is 0.395. The lowest BCUT2D eigenvalue weighted by Crippen LogP contribution is -2.38. The highest BCUT2D eigenvalue weighted by Crippen LogP contribution is 2.36. The molecule has 2 atom stereocenters. The molecule has 1 saturated heterocycles. The summed E-state index contributed by atoms with van der Waals surface area (Å²) < 4.78 is 5.71. The molecular formula is C10H20O. The van der Waals surface area contributed by atoms with Crippen LogP contribution in [0.4, 0.5) is 0 Å². The first-order chi connectivity index (χ1) is 5.06. The zero-order chi connectivity index (χ0) is 8.48. The van der Waals surface area contributed by atoms with Gasteiger partial charge in [-0.05, 0) is 24.2 Å². The topological polar surface area (TPSA) is 9.23 Å². The summed E-state index contributed by atoms with van der Waals surface area (Å²) in [6.45, 7) is 10.1. The van der Waals surface area contributed by atoms with Gasteiger partial charge in [0, 0.05) is 0 Å². The van der Waals surface area contributed by atoms with Gasteiger partial charge >= 0.3 is 0 Å². The molecule has 0 amide bonds. The van der Waals surface area contributed by atoms with Gasteiger partial charge in [-0.2, -0.15) is 0 Å². The number of hydrogen-bond donors (Lipinski definition) is 0. The van der Waals surface area contributed by atoms with Crippen LogP contribution in [0.3, 0.4) is 0 Å². The highest BCUT2D eigenvalue weighted by atomic mass is 16.5. The molecule has 1 fully saturated rings. The highest BCUT2D eigenvalue weighted by molar-refractivity contribution is 4.81. The highest BCUT2D eigenvalue weighted by Gasteiger charge is 2.33. The van der Waals surface area contributed by atoms with Crippen LogP contribution in [0.5, 0.6) is 0 Å². The Morgan fingerprint density at radius 1 is 1.45 bits per heavy atom. The third-order valence-corrected chi connectivity index (χ3v) is 3.10. The van der Waals surface area contributed by atoms with Gasteiger partial charge in [-0.3, -0.25) is 0 Å². The van der Waals surface area contributed by atoms with Crippen molar-refractivity contribution in [1.82, 2.24) is 0 Å². The second-order valence-corrected chi connectivity index (χ2v) is 4.47. The second-order valence-electron chi connectivity index (χ2n) is 4.47. The van der Waals surface area contributed by atoms with Crippen LogP contribution >= 0.6 is 0 Å². The van der Waals surface area contributed by atoms with Gasteiger partial charge < -0.3 is 4.74 Å². The molecule has 0 aromatic heterocycles. The quantitative estimate of drug-likeness (QED) is 0.567. The SMILES string of the molecule is CCC1CC(C)C(C)(C)CO1.